The van der Waals surface area contributed by atoms with Crippen LogP contribution < -0.4 is 16.9 Å². The summed E-state index contributed by atoms with van der Waals surface area (Å²) >= 11 is 0. The molecule has 1 saturated heterocycles. The lowest BCUT2D eigenvalue weighted by molar-refractivity contribution is -0.152. The predicted octanol–water partition coefficient (Wildman–Crippen LogP) is -1.42. The number of nitrogens with zero attached hydrogens (tertiary/aromatic N) is 2. The van der Waals surface area contributed by atoms with E-state index >= 15 is 0 Å². The van der Waals surface area contributed by atoms with Crippen LogP contribution in [0.1, 0.15) is 27.8 Å². The number of nitrogens with two attached hydrogens (primary N) is 1. The number of rotatable bonds is 7. The first-order valence-electron chi connectivity index (χ1n) is 8.56. The maximum absolute atomic E-state index is 12.0. The van der Waals surface area contributed by atoms with E-state index in [4.69, 9.17) is 21.8 Å². The molecule has 2 heterocycles. The van der Waals surface area contributed by atoms with Crippen LogP contribution in [-0.4, -0.2) is 61.9 Å². The molecule has 0 radical (unpaired) electrons. The molecule has 0 bridgehead atoms. The van der Waals surface area contributed by atoms with E-state index in [1.807, 2.05) is 13.8 Å². The maximum Gasteiger partial charge on any atom is 0.351 e. The molecule has 1 aromatic heterocycles. The highest BCUT2D eigenvalue weighted by Crippen LogP contribution is 2.28. The smallest absolute Gasteiger partial charge is 0.351 e. The van der Waals surface area contributed by atoms with Gasteiger partial charge < -0.3 is 25.4 Å². The van der Waals surface area contributed by atoms with Gasteiger partial charge in [-0.3, -0.25) is 20.0 Å². The van der Waals surface area contributed by atoms with Gasteiger partial charge in [0.05, 0.1) is 1.37 Å². The molecular formula is C15H24N4O7. The van der Waals surface area contributed by atoms with Crippen LogP contribution >= 0.6 is 0 Å². The third-order valence-corrected chi connectivity index (χ3v) is 3.80. The largest absolute Gasteiger partial charge is 0.462 e. The van der Waals surface area contributed by atoms with Crippen molar-refractivity contribution in [1.29, 1.82) is 0 Å². The van der Waals surface area contributed by atoms with Gasteiger partial charge >= 0.3 is 11.7 Å². The Hall–Kier alpha value is -2.05. The van der Waals surface area contributed by atoms with Crippen LogP contribution in [0.4, 0.5) is 5.82 Å². The summed E-state index contributed by atoms with van der Waals surface area (Å²) in [5.41, 5.74) is 6.38. The van der Waals surface area contributed by atoms with E-state index < -0.39 is 48.8 Å². The van der Waals surface area contributed by atoms with E-state index in [1.165, 1.54) is 6.07 Å². The molecule has 1 fully saturated rings. The second kappa shape index (κ2) is 8.56. The minimum atomic E-state index is -2.39. The molecule has 0 spiro atoms. The van der Waals surface area contributed by atoms with Gasteiger partial charge in [-0.2, -0.15) is 4.98 Å². The zero-order valence-corrected chi connectivity index (χ0v) is 14.4. The minimum absolute atomic E-state index is 0.169. The van der Waals surface area contributed by atoms with Crippen LogP contribution in [-0.2, 0) is 14.3 Å². The van der Waals surface area contributed by atoms with Gasteiger partial charge in [0.2, 0.25) is 0 Å². The maximum atomic E-state index is 12.0. The van der Waals surface area contributed by atoms with Crippen molar-refractivity contribution >= 4 is 11.8 Å². The fourth-order valence-electron chi connectivity index (χ4n) is 2.48. The Morgan fingerprint density at radius 2 is 2.23 bits per heavy atom. The summed E-state index contributed by atoms with van der Waals surface area (Å²) in [7, 11) is 0. The monoisotopic (exact) mass is 373 g/mol. The van der Waals surface area contributed by atoms with E-state index in [0.29, 0.717) is 11.0 Å². The number of aliphatic hydroxyl groups is 2. The summed E-state index contributed by atoms with van der Waals surface area (Å²) in [5.74, 6) is -0.689. The predicted molar refractivity (Wildman–Crippen MR) is 88.2 cm³/mol. The molecule has 11 heteroatoms. The number of esters is 1. The first-order chi connectivity index (χ1) is 12.6. The van der Waals surface area contributed by atoms with Crippen molar-refractivity contribution in [3.8, 4) is 0 Å². The first kappa shape index (κ1) is 18.7. The van der Waals surface area contributed by atoms with Crippen LogP contribution in [0.25, 0.3) is 0 Å². The van der Waals surface area contributed by atoms with Crippen LogP contribution in [0, 0.1) is 5.92 Å². The molecule has 1 aromatic rings. The molecule has 5 atom stereocenters. The third kappa shape index (κ3) is 4.56. The standard InChI is InChI=1S/C15H24N4O7/c1-7(2)5-8(16)14(22)25-6-9-11(20)12(21)13(26-9)19-4-3-10(18-24)17-15(19)23/h3-4,7-9,11-13,20-21,24H,5-6,16H2,1-2H3,(H,17,18,23)/t8-,9-,11-,12-,13-/m1/s1/i13D. The fraction of sp³-hybridized carbons (Fsp3) is 0.667. The topological polar surface area (TPSA) is 169 Å². The minimum Gasteiger partial charge on any atom is -0.462 e. The Bertz CT molecular complexity index is 730. The number of hydrogen-bond donors (Lipinski definition) is 5. The zero-order chi connectivity index (χ0) is 20.4. The fourth-order valence-corrected chi connectivity index (χ4v) is 2.48. The lowest BCUT2D eigenvalue weighted by atomic mass is 10.1. The molecule has 11 nitrogen and oxygen atoms in total. The van der Waals surface area contributed by atoms with Crippen molar-refractivity contribution < 1.29 is 31.1 Å². The van der Waals surface area contributed by atoms with Crippen molar-refractivity contribution in [2.24, 2.45) is 11.7 Å². The Morgan fingerprint density at radius 3 is 2.81 bits per heavy atom. The molecule has 26 heavy (non-hydrogen) atoms. The third-order valence-electron chi connectivity index (χ3n) is 3.80. The Morgan fingerprint density at radius 1 is 1.54 bits per heavy atom. The second-order valence-corrected chi connectivity index (χ2v) is 6.37. The second-order valence-electron chi connectivity index (χ2n) is 6.37. The quantitative estimate of drug-likeness (QED) is 0.282. The van der Waals surface area contributed by atoms with Gasteiger partial charge in [-0.25, -0.2) is 4.79 Å². The highest BCUT2D eigenvalue weighted by atomic mass is 16.6. The van der Waals surface area contributed by atoms with E-state index in [0.717, 1.165) is 6.20 Å². The number of nitrogens with one attached hydrogen (secondary N) is 1. The number of carbonyl (C=O) groups is 1. The van der Waals surface area contributed by atoms with Gasteiger partial charge in [0.25, 0.3) is 0 Å². The first-order valence-corrected chi connectivity index (χ1v) is 8.06. The lowest BCUT2D eigenvalue weighted by Gasteiger charge is -2.18. The average molecular weight is 373 g/mol. The molecule has 2 rings (SSSR count). The van der Waals surface area contributed by atoms with Crippen molar-refractivity contribution in [2.75, 3.05) is 12.1 Å². The number of hydrogen-bond acceptors (Lipinski definition) is 10. The molecule has 0 aromatic carbocycles. The molecule has 6 N–H and O–H groups in total. The van der Waals surface area contributed by atoms with Crippen molar-refractivity contribution in [2.45, 2.75) is 50.8 Å². The summed E-state index contributed by atoms with van der Waals surface area (Å²) in [6, 6.07) is 0.317. The molecule has 0 unspecified atom stereocenters. The van der Waals surface area contributed by atoms with Crippen molar-refractivity contribution in [1.82, 2.24) is 9.55 Å². The highest BCUT2D eigenvalue weighted by molar-refractivity contribution is 5.75. The molecule has 0 saturated carbocycles. The van der Waals surface area contributed by atoms with Crippen molar-refractivity contribution in [3.05, 3.63) is 22.7 Å². The number of aliphatic hydroxyl groups excluding tert-OH is 2. The lowest BCUT2D eigenvalue weighted by Crippen LogP contribution is -2.38. The normalized spacial score (nSPS) is 30.1. The molecule has 1 aliphatic rings. The van der Waals surface area contributed by atoms with Gasteiger partial charge in [-0.15, -0.1) is 0 Å². The Labute approximate surface area is 150 Å². The summed E-state index contributed by atoms with van der Waals surface area (Å²) in [6.45, 7) is 3.33. The highest BCUT2D eigenvalue weighted by Gasteiger charge is 2.44. The van der Waals surface area contributed by atoms with E-state index in [9.17, 15) is 19.8 Å². The average Bonchev–Trinajstić information content (AvgIpc) is 2.83. The molecule has 0 aliphatic carbocycles. The summed E-state index contributed by atoms with van der Waals surface area (Å²) in [6.07, 6.45) is -5.60. The van der Waals surface area contributed by atoms with Gasteiger partial charge in [-0.1, -0.05) is 13.8 Å². The Kier molecular flexibility index (Phi) is 6.16. The van der Waals surface area contributed by atoms with Crippen LogP contribution in [0.3, 0.4) is 0 Å². The molecule has 0 amide bonds. The summed E-state index contributed by atoms with van der Waals surface area (Å²) in [4.78, 5) is 27.3. The number of carbonyl (C=O) groups excluding carboxylic acids is 1. The molecule has 146 valence electrons. The SMILES string of the molecule is [2H][C@@]1(n2ccc(NO)nc2=O)O[C@H](COC(=O)[C@H](N)CC(C)C)[C@@H](O)[C@H]1O. The molecule has 1 aliphatic heterocycles. The zero-order valence-electron chi connectivity index (χ0n) is 15.4. The van der Waals surface area contributed by atoms with E-state index in [1.54, 1.807) is 5.48 Å². The number of ether oxygens (including phenoxy) is 2. The summed E-state index contributed by atoms with van der Waals surface area (Å²) in [5, 5.41) is 29.1. The van der Waals surface area contributed by atoms with Gasteiger partial charge in [0.15, 0.2) is 12.0 Å². The van der Waals surface area contributed by atoms with Gasteiger partial charge in [-0.05, 0) is 18.4 Å². The van der Waals surface area contributed by atoms with Crippen LogP contribution in [0.5, 0.6) is 0 Å². The van der Waals surface area contributed by atoms with E-state index in [-0.39, 0.29) is 11.7 Å². The Balaban J connectivity index is 2.11. The summed E-state index contributed by atoms with van der Waals surface area (Å²) < 4.78 is 19.2. The van der Waals surface area contributed by atoms with Gasteiger partial charge in [0.1, 0.15) is 31.0 Å². The van der Waals surface area contributed by atoms with Crippen molar-refractivity contribution in [3.63, 3.8) is 0 Å². The van der Waals surface area contributed by atoms with Gasteiger partial charge in [0, 0.05) is 6.20 Å². The van der Waals surface area contributed by atoms with Crippen LogP contribution in [0.2, 0.25) is 0 Å². The van der Waals surface area contributed by atoms with E-state index in [2.05, 4.69) is 4.98 Å². The number of aromatic nitrogens is 2. The molecular weight excluding hydrogens is 348 g/mol. The number of anilines is 1. The van der Waals surface area contributed by atoms with Crippen LogP contribution in [0.15, 0.2) is 17.1 Å².